The third-order valence-corrected chi connectivity index (χ3v) is 6.79. The van der Waals surface area contributed by atoms with E-state index in [1.165, 1.54) is 11.3 Å². The van der Waals surface area contributed by atoms with Crippen LogP contribution in [0.3, 0.4) is 0 Å². The van der Waals surface area contributed by atoms with Crippen molar-refractivity contribution in [3.63, 3.8) is 0 Å². The Morgan fingerprint density at radius 1 is 1.08 bits per heavy atom. The molecule has 5 nitrogen and oxygen atoms in total. The molecule has 1 atom stereocenters. The van der Waals surface area contributed by atoms with Crippen molar-refractivity contribution in [2.75, 3.05) is 25.0 Å². The summed E-state index contributed by atoms with van der Waals surface area (Å²) >= 11 is 0. The van der Waals surface area contributed by atoms with Crippen LogP contribution in [0.1, 0.15) is 74.0 Å². The molecule has 3 N–H and O–H groups in total. The van der Waals surface area contributed by atoms with Crippen molar-refractivity contribution in [1.82, 2.24) is 0 Å². The zero-order valence-corrected chi connectivity index (χ0v) is 22.2. The van der Waals surface area contributed by atoms with Gasteiger partial charge in [0.2, 0.25) is 0 Å². The van der Waals surface area contributed by atoms with Crippen molar-refractivity contribution < 1.29 is 19.6 Å². The second-order valence-corrected chi connectivity index (χ2v) is 9.51. The van der Waals surface area contributed by atoms with Crippen molar-refractivity contribution >= 4 is 17.2 Å². The Morgan fingerprint density at radius 2 is 1.89 bits per heavy atom. The van der Waals surface area contributed by atoms with Crippen LogP contribution in [0.2, 0.25) is 0 Å². The van der Waals surface area contributed by atoms with Gasteiger partial charge >= 0.3 is 5.97 Å². The normalized spacial score (nSPS) is 16.4. The quantitative estimate of drug-likeness (QED) is 0.330. The summed E-state index contributed by atoms with van der Waals surface area (Å²) < 4.78 is 12.3. The number of quaternary nitrogens is 1. The first-order chi connectivity index (χ1) is 17.5. The van der Waals surface area contributed by atoms with Gasteiger partial charge in [0.25, 0.3) is 0 Å². The maximum absolute atomic E-state index is 13.2. The summed E-state index contributed by atoms with van der Waals surface area (Å²) in [6.07, 6.45) is 7.23. The minimum Gasteiger partial charge on any atom is -0.481 e. The summed E-state index contributed by atoms with van der Waals surface area (Å²) in [4.78, 5) is 13.2. The van der Waals surface area contributed by atoms with Crippen LogP contribution < -0.4 is 15.4 Å². The topological polar surface area (TPSA) is 64.2 Å². The Kier molecular flexibility index (Phi) is 8.32. The van der Waals surface area contributed by atoms with Crippen LogP contribution >= 0.6 is 0 Å². The number of nitrogens with one attached hydrogen (secondary N) is 1. The molecular formula is C31H39N2O3+. The van der Waals surface area contributed by atoms with Gasteiger partial charge in [-0.3, -0.25) is 0 Å². The molecule has 1 aliphatic carbocycles. The first kappa shape index (κ1) is 25.8. The highest BCUT2D eigenvalue weighted by Crippen LogP contribution is 2.45. The first-order valence-electron chi connectivity index (χ1n) is 13.3. The SMILES string of the molecule is CCCCCOC(=O)c1ccccc1C1=C2C=C(C)C([NH2+]CC)=CC2Oc2cc(NCC)c(C)cc21. The molecule has 2 aromatic rings. The number of aryl methyl sites for hydroxylation is 1. The van der Waals surface area contributed by atoms with E-state index in [4.69, 9.17) is 9.47 Å². The molecule has 1 heterocycles. The van der Waals surface area contributed by atoms with Crippen LogP contribution in [0.4, 0.5) is 5.69 Å². The van der Waals surface area contributed by atoms with E-state index in [1.54, 1.807) is 0 Å². The molecule has 0 saturated carbocycles. The van der Waals surface area contributed by atoms with E-state index in [2.05, 4.69) is 69.5 Å². The molecule has 190 valence electrons. The Bertz CT molecular complexity index is 1220. The highest BCUT2D eigenvalue weighted by atomic mass is 16.5. The number of likely N-dealkylation sites (N-methyl/N-ethyl adjacent to an activating group) is 1. The van der Waals surface area contributed by atoms with E-state index in [9.17, 15) is 4.79 Å². The molecule has 0 fully saturated rings. The standard InChI is InChI=1S/C31H38N2O3/c1-6-9-12-15-35-31(34)23-14-11-10-13-22(23)30-24-16-20(4)26(32-7-2)18-28(24)36-29-19-27(33-8-3)21(5)17-25(29)30/h10-11,13-14,16-19,28,32-33H,6-9,12,15H2,1-5H3/p+1. The first-order valence-corrected chi connectivity index (χ1v) is 13.3. The van der Waals surface area contributed by atoms with Gasteiger partial charge in [-0.15, -0.1) is 0 Å². The van der Waals surface area contributed by atoms with E-state index < -0.39 is 0 Å². The molecule has 1 unspecified atom stereocenters. The van der Waals surface area contributed by atoms with Crippen LogP contribution in [-0.4, -0.2) is 31.8 Å². The summed E-state index contributed by atoms with van der Waals surface area (Å²) in [7, 11) is 0. The fourth-order valence-electron chi connectivity index (χ4n) is 4.97. The third-order valence-electron chi connectivity index (χ3n) is 6.79. The second kappa shape index (κ2) is 11.6. The molecule has 0 radical (unpaired) electrons. The number of fused-ring (bicyclic) bond motifs is 2. The number of hydrogen-bond acceptors (Lipinski definition) is 4. The summed E-state index contributed by atoms with van der Waals surface area (Å²) in [6.45, 7) is 12.9. The highest BCUT2D eigenvalue weighted by molar-refractivity contribution is 6.00. The lowest BCUT2D eigenvalue weighted by Gasteiger charge is -2.32. The summed E-state index contributed by atoms with van der Waals surface area (Å²) in [5.74, 6) is 0.555. The van der Waals surface area contributed by atoms with Crippen LogP contribution in [-0.2, 0) is 4.74 Å². The molecule has 2 aliphatic rings. The Morgan fingerprint density at radius 3 is 2.64 bits per heavy atom. The number of hydrogen-bond donors (Lipinski definition) is 2. The highest BCUT2D eigenvalue weighted by Gasteiger charge is 2.33. The zero-order valence-electron chi connectivity index (χ0n) is 22.2. The predicted molar refractivity (Wildman–Crippen MR) is 146 cm³/mol. The summed E-state index contributed by atoms with van der Waals surface area (Å²) in [5, 5.41) is 5.69. The number of esters is 1. The number of benzene rings is 2. The van der Waals surface area contributed by atoms with E-state index in [0.717, 1.165) is 71.6 Å². The van der Waals surface area contributed by atoms with E-state index >= 15 is 0 Å². The lowest BCUT2D eigenvalue weighted by atomic mass is 9.82. The van der Waals surface area contributed by atoms with Crippen molar-refractivity contribution in [3.05, 3.63) is 87.6 Å². The zero-order chi connectivity index (χ0) is 25.7. The third kappa shape index (κ3) is 5.26. The van der Waals surface area contributed by atoms with E-state index in [0.29, 0.717) is 12.2 Å². The molecule has 2 aromatic carbocycles. The average molecular weight is 488 g/mol. The lowest BCUT2D eigenvalue weighted by Crippen LogP contribution is -2.82. The van der Waals surface area contributed by atoms with Crippen LogP contribution in [0.25, 0.3) is 5.57 Å². The molecule has 0 spiro atoms. The molecule has 5 heteroatoms. The molecule has 0 saturated heterocycles. The second-order valence-electron chi connectivity index (χ2n) is 9.51. The van der Waals surface area contributed by atoms with Gasteiger partial charge in [0.1, 0.15) is 17.6 Å². The van der Waals surface area contributed by atoms with Gasteiger partial charge in [0.15, 0.2) is 0 Å². The van der Waals surface area contributed by atoms with Gasteiger partial charge < -0.3 is 20.1 Å². The number of rotatable bonds is 10. The van der Waals surface area contributed by atoms with Gasteiger partial charge in [0, 0.05) is 46.7 Å². The van der Waals surface area contributed by atoms with Crippen LogP contribution in [0.15, 0.2) is 65.4 Å². The summed E-state index contributed by atoms with van der Waals surface area (Å²) in [6, 6.07) is 12.1. The van der Waals surface area contributed by atoms with E-state index in [-0.39, 0.29) is 12.1 Å². The Labute approximate surface area is 215 Å². The van der Waals surface area contributed by atoms with Crippen LogP contribution in [0.5, 0.6) is 5.75 Å². The maximum atomic E-state index is 13.2. The molecule has 0 aromatic heterocycles. The molecule has 4 rings (SSSR count). The minimum absolute atomic E-state index is 0.222. The number of nitrogens with two attached hydrogens (primary N) is 1. The molecule has 36 heavy (non-hydrogen) atoms. The smallest absolute Gasteiger partial charge is 0.338 e. The summed E-state index contributed by atoms with van der Waals surface area (Å²) in [5.41, 5.74) is 9.22. The fraction of sp³-hybridized carbons (Fsp3) is 0.387. The van der Waals surface area contributed by atoms with Crippen molar-refractivity contribution in [2.24, 2.45) is 0 Å². The lowest BCUT2D eigenvalue weighted by molar-refractivity contribution is -0.600. The van der Waals surface area contributed by atoms with E-state index in [1.807, 2.05) is 24.3 Å². The molecular weight excluding hydrogens is 448 g/mol. The van der Waals surface area contributed by atoms with Gasteiger partial charge in [0.05, 0.1) is 18.7 Å². The Hall–Kier alpha value is -3.31. The van der Waals surface area contributed by atoms with Crippen molar-refractivity contribution in [2.45, 2.75) is 60.0 Å². The average Bonchev–Trinajstić information content (AvgIpc) is 2.87. The van der Waals surface area contributed by atoms with Gasteiger partial charge in [-0.2, -0.15) is 0 Å². The Balaban J connectivity index is 1.87. The van der Waals surface area contributed by atoms with Gasteiger partial charge in [-0.05, 0) is 63.5 Å². The number of carbonyl (C=O) groups is 1. The number of unbranched alkanes of at least 4 members (excludes halogenated alkanes) is 2. The van der Waals surface area contributed by atoms with Crippen molar-refractivity contribution in [1.29, 1.82) is 0 Å². The molecule has 0 amide bonds. The monoisotopic (exact) mass is 487 g/mol. The fourth-order valence-corrected chi connectivity index (χ4v) is 4.97. The largest absolute Gasteiger partial charge is 0.481 e. The van der Waals surface area contributed by atoms with Gasteiger partial charge in [-0.1, -0.05) is 38.0 Å². The van der Waals surface area contributed by atoms with Gasteiger partial charge in [-0.25, -0.2) is 4.79 Å². The van der Waals surface area contributed by atoms with Crippen LogP contribution in [0, 0.1) is 6.92 Å². The van der Waals surface area contributed by atoms with Crippen molar-refractivity contribution in [3.8, 4) is 5.75 Å². The predicted octanol–water partition coefficient (Wildman–Crippen LogP) is 5.76. The number of allylic oxidation sites excluding steroid dienone is 1. The molecule has 1 aliphatic heterocycles. The number of ether oxygens (including phenoxy) is 2. The maximum Gasteiger partial charge on any atom is 0.338 e. The number of carbonyl (C=O) groups excluding carboxylic acids is 1. The minimum atomic E-state index is -0.271. The molecule has 0 bridgehead atoms. The number of anilines is 1.